The first kappa shape index (κ1) is 13.2. The molecule has 0 amide bonds. The van der Waals surface area contributed by atoms with Crippen LogP contribution in [0.1, 0.15) is 17.4 Å². The van der Waals surface area contributed by atoms with Crippen LogP contribution in [0.2, 0.25) is 0 Å². The maximum atomic E-state index is 8.49. The highest BCUT2D eigenvalue weighted by Gasteiger charge is 2.04. The van der Waals surface area contributed by atoms with Gasteiger partial charge in [-0.15, -0.1) is 10.2 Å². The number of rotatable bonds is 1. The van der Waals surface area contributed by atoms with Crippen LogP contribution in [0.15, 0.2) is 5.38 Å². The summed E-state index contributed by atoms with van der Waals surface area (Å²) in [6.45, 7) is 4.37. The highest BCUT2D eigenvalue weighted by Crippen LogP contribution is 2.20. The first-order chi connectivity index (χ1) is 5.84. The van der Waals surface area contributed by atoms with Crippen LogP contribution in [0.4, 0.5) is 0 Å². The van der Waals surface area contributed by atoms with Crippen LogP contribution in [0, 0.1) is 17.2 Å². The Morgan fingerprint density at radius 1 is 1.38 bits per heavy atom. The molecule has 0 aromatic carbocycles. The zero-order valence-corrected chi connectivity index (χ0v) is 9.50. The summed E-state index contributed by atoms with van der Waals surface area (Å²) in [5.41, 5.74) is 1.46. The summed E-state index contributed by atoms with van der Waals surface area (Å²) in [4.78, 5) is 1.54. The Hall–Kier alpha value is 0.180. The molecular formula is C6H9ClO4S2. The van der Waals surface area contributed by atoms with Gasteiger partial charge in [0.05, 0.1) is 4.88 Å². The molecular weight excluding hydrogens is 236 g/mol. The van der Waals surface area contributed by atoms with Gasteiger partial charge in [-0.2, -0.15) is 0 Å². The minimum absolute atomic E-state index is 1.19. The number of halogens is 1. The van der Waals surface area contributed by atoms with Crippen molar-refractivity contribution in [1.82, 2.24) is 0 Å². The first-order valence-corrected chi connectivity index (χ1v) is 6.77. The Morgan fingerprint density at radius 3 is 2.00 bits per heavy atom. The Kier molecular flexibility index (Phi) is 5.90. The summed E-state index contributed by atoms with van der Waals surface area (Å²) < 4.78 is 34.0. The lowest BCUT2D eigenvalue weighted by Gasteiger charge is -2.17. The maximum absolute atomic E-state index is 8.49. The van der Waals surface area contributed by atoms with Crippen molar-refractivity contribution >= 4 is 20.7 Å². The van der Waals surface area contributed by atoms with Crippen molar-refractivity contribution < 1.29 is 28.9 Å². The fourth-order valence-corrected chi connectivity index (χ4v) is 3.13. The molecule has 0 saturated carbocycles. The highest BCUT2D eigenvalue weighted by molar-refractivity contribution is 7.68. The lowest BCUT2D eigenvalue weighted by atomic mass is 10.3. The molecule has 0 aliphatic rings. The molecule has 1 heterocycles. The normalized spacial score (nSPS) is 10.6. The van der Waals surface area contributed by atoms with Gasteiger partial charge in [-0.1, -0.05) is 6.92 Å². The maximum Gasteiger partial charge on any atom is 0.292 e. The van der Waals surface area contributed by atoms with Gasteiger partial charge in [0.25, 0.3) is 10.3 Å². The summed E-state index contributed by atoms with van der Waals surface area (Å²) in [7, 11) is -1.22. The van der Waals surface area contributed by atoms with Gasteiger partial charge in [0.1, 0.15) is 0 Å². The van der Waals surface area contributed by atoms with Crippen LogP contribution >= 0.6 is 20.7 Å². The van der Waals surface area contributed by atoms with Gasteiger partial charge >= 0.3 is 0 Å². The molecule has 4 nitrogen and oxygen atoms in total. The Labute approximate surface area is 85.8 Å². The molecule has 0 fully saturated rings. The molecule has 1 aromatic rings. The highest BCUT2D eigenvalue weighted by atomic mass is 35.7. The van der Waals surface area contributed by atoms with Crippen molar-refractivity contribution in [3.05, 3.63) is 15.8 Å². The molecule has 0 unspecified atom stereocenters. The zero-order valence-electron chi connectivity index (χ0n) is 7.11. The van der Waals surface area contributed by atoms with Crippen LogP contribution in [0.25, 0.3) is 0 Å². The van der Waals surface area contributed by atoms with E-state index in [1.165, 1.54) is 16.9 Å². The van der Waals surface area contributed by atoms with Crippen molar-refractivity contribution in [2.24, 2.45) is 0 Å². The van der Waals surface area contributed by atoms with E-state index in [0.717, 1.165) is 0 Å². The van der Waals surface area contributed by atoms with E-state index in [1.54, 1.807) is 0 Å². The predicted molar refractivity (Wildman–Crippen MR) is 40.7 cm³/mol. The summed E-state index contributed by atoms with van der Waals surface area (Å²) in [6.07, 6.45) is 1.19. The van der Waals surface area contributed by atoms with Crippen LogP contribution in [0.5, 0.6) is 0 Å². The van der Waals surface area contributed by atoms with E-state index in [9.17, 15) is 0 Å². The third-order valence-corrected chi connectivity index (χ3v) is 3.67. The van der Waals surface area contributed by atoms with E-state index in [0.29, 0.717) is 0 Å². The SMILES string of the molecule is CCc1s[s+]cc1C.[O-][Cl+3]([O-])([O-])[O-]. The van der Waals surface area contributed by atoms with E-state index in [1.807, 2.05) is 20.7 Å². The third-order valence-electron chi connectivity index (χ3n) is 1.13. The van der Waals surface area contributed by atoms with E-state index in [4.69, 9.17) is 18.6 Å². The fourth-order valence-electron chi connectivity index (χ4n) is 0.624. The molecule has 0 N–H and O–H groups in total. The van der Waals surface area contributed by atoms with E-state index in [-0.39, 0.29) is 0 Å². The Balaban J connectivity index is 0.000000252. The average molecular weight is 245 g/mol. The standard InChI is InChI=1S/C6H9S2.ClHO4/c1-3-6-5(2)4-7-8-6;2-1(3,4)5/h4H,3H2,1-2H3;(H,2,3,4,5)/q+1;/p-1. The number of hydrogen-bond acceptors (Lipinski definition) is 5. The fraction of sp³-hybridized carbons (Fsp3) is 0.500. The van der Waals surface area contributed by atoms with Gasteiger partial charge in [-0.05, 0) is 13.3 Å². The van der Waals surface area contributed by atoms with Crippen molar-refractivity contribution in [3.63, 3.8) is 0 Å². The molecule has 0 aliphatic carbocycles. The van der Waals surface area contributed by atoms with Crippen LogP contribution in [0.3, 0.4) is 0 Å². The van der Waals surface area contributed by atoms with Crippen LogP contribution in [-0.2, 0) is 6.42 Å². The summed E-state index contributed by atoms with van der Waals surface area (Å²) in [5.74, 6) is 0. The summed E-state index contributed by atoms with van der Waals surface area (Å²) in [6, 6.07) is 0. The molecule has 0 spiro atoms. The molecule has 0 bridgehead atoms. The third kappa shape index (κ3) is 8.51. The molecule has 7 heteroatoms. The monoisotopic (exact) mass is 244 g/mol. The van der Waals surface area contributed by atoms with Gasteiger partial charge in [-0.3, -0.25) is 0 Å². The van der Waals surface area contributed by atoms with Crippen molar-refractivity contribution in [2.45, 2.75) is 20.3 Å². The second-order valence-corrected chi connectivity index (χ2v) is 5.06. The molecule has 13 heavy (non-hydrogen) atoms. The van der Waals surface area contributed by atoms with Crippen molar-refractivity contribution in [2.75, 3.05) is 0 Å². The molecule has 1 rings (SSSR count). The smallest absolute Gasteiger partial charge is 0.222 e. The Morgan fingerprint density at radius 2 is 1.85 bits per heavy atom. The van der Waals surface area contributed by atoms with E-state index >= 15 is 0 Å². The molecule has 1 aromatic heterocycles. The van der Waals surface area contributed by atoms with Crippen LogP contribution in [-0.4, -0.2) is 0 Å². The van der Waals surface area contributed by atoms with E-state index < -0.39 is 10.2 Å². The Bertz CT molecular complexity index is 239. The minimum atomic E-state index is -4.94. The number of hydrogen-bond donors (Lipinski definition) is 0. The van der Waals surface area contributed by atoms with Crippen molar-refractivity contribution in [1.29, 1.82) is 0 Å². The molecule has 0 radical (unpaired) electrons. The minimum Gasteiger partial charge on any atom is -0.222 e. The molecule has 0 atom stereocenters. The lowest BCUT2D eigenvalue weighted by molar-refractivity contribution is -2.00. The summed E-state index contributed by atoms with van der Waals surface area (Å²) in [5, 5.41) is 2.21. The first-order valence-electron chi connectivity index (χ1n) is 3.32. The van der Waals surface area contributed by atoms with Crippen LogP contribution < -0.4 is 18.6 Å². The van der Waals surface area contributed by atoms with E-state index in [2.05, 4.69) is 19.2 Å². The molecule has 0 saturated heterocycles. The van der Waals surface area contributed by atoms with Crippen molar-refractivity contribution in [3.8, 4) is 0 Å². The summed E-state index contributed by atoms with van der Waals surface area (Å²) >= 11 is 0. The second kappa shape index (κ2) is 5.82. The lowest BCUT2D eigenvalue weighted by Crippen LogP contribution is -2.68. The topological polar surface area (TPSA) is 92.2 Å². The quantitative estimate of drug-likeness (QED) is 0.431. The second-order valence-electron chi connectivity index (χ2n) is 2.14. The predicted octanol–water partition coefficient (Wildman–Crippen LogP) is -1.79. The van der Waals surface area contributed by atoms with Gasteiger partial charge in [0.2, 0.25) is 5.38 Å². The number of aryl methyl sites for hydroxylation is 2. The molecule has 0 aliphatic heterocycles. The van der Waals surface area contributed by atoms with Gasteiger partial charge in [0, 0.05) is 5.56 Å². The van der Waals surface area contributed by atoms with Gasteiger partial charge < -0.3 is 0 Å². The van der Waals surface area contributed by atoms with Gasteiger partial charge in [-0.25, -0.2) is 18.6 Å². The molecule has 76 valence electrons. The average Bonchev–Trinajstić information content (AvgIpc) is 2.31. The largest absolute Gasteiger partial charge is 0.292 e. The van der Waals surface area contributed by atoms with Gasteiger partial charge in [0.15, 0.2) is 10.3 Å². The zero-order chi connectivity index (χ0) is 10.5.